The summed E-state index contributed by atoms with van der Waals surface area (Å²) in [5, 5.41) is 0.717. The number of likely N-dealkylation sites (tertiary alicyclic amines) is 1. The van der Waals surface area contributed by atoms with E-state index in [2.05, 4.69) is 0 Å². The first-order valence-electron chi connectivity index (χ1n) is 9.46. The molecule has 0 radical (unpaired) electrons. The van der Waals surface area contributed by atoms with E-state index in [0.717, 1.165) is 47.0 Å². The molecule has 1 saturated heterocycles. The van der Waals surface area contributed by atoms with Crippen LogP contribution in [-0.2, 0) is 11.3 Å². The number of carbonyl (C=O) groups is 1. The quantitative estimate of drug-likeness (QED) is 0.697. The van der Waals surface area contributed by atoms with E-state index >= 15 is 0 Å². The molecule has 6 heteroatoms. The number of ether oxygens (including phenoxy) is 2. The van der Waals surface area contributed by atoms with Crippen LogP contribution < -0.4 is 9.47 Å². The summed E-state index contributed by atoms with van der Waals surface area (Å²) in [7, 11) is 5.27. The number of hydrogen-bond acceptors (Lipinski definition) is 4. The number of hydrogen-bond donors (Lipinski definition) is 0. The number of rotatable bonds is 7. The Bertz CT molecular complexity index is 810. The first kappa shape index (κ1) is 20.5. The molecule has 0 aromatic heterocycles. The van der Waals surface area contributed by atoms with Crippen molar-refractivity contribution in [3.05, 3.63) is 58.6 Å². The molecule has 0 unspecified atom stereocenters. The molecule has 1 amide bonds. The van der Waals surface area contributed by atoms with Gasteiger partial charge in [-0.2, -0.15) is 0 Å². The Hall–Kier alpha value is -2.24. The largest absolute Gasteiger partial charge is 0.497 e. The number of methoxy groups -OCH3 is 2. The van der Waals surface area contributed by atoms with Crippen molar-refractivity contribution in [3.8, 4) is 11.5 Å². The number of carbonyl (C=O) groups excluding carboxylic acids is 1. The Morgan fingerprint density at radius 2 is 1.93 bits per heavy atom. The number of benzene rings is 2. The monoisotopic (exact) mass is 402 g/mol. The molecular weight excluding hydrogens is 376 g/mol. The Kier molecular flexibility index (Phi) is 6.81. The van der Waals surface area contributed by atoms with Gasteiger partial charge >= 0.3 is 0 Å². The standard InChI is InChI=1S/C22H27ClN2O3/c1-24(14-16-6-8-17(23)9-7-16)15-22(26)25-12-4-5-20(25)19-13-18(27-2)10-11-21(19)28-3/h6-11,13,20H,4-5,12,14-15H2,1-3H3/t20-/m1/s1. The van der Waals surface area contributed by atoms with Crippen LogP contribution in [0.15, 0.2) is 42.5 Å². The number of amides is 1. The fourth-order valence-electron chi connectivity index (χ4n) is 3.77. The molecule has 0 N–H and O–H groups in total. The summed E-state index contributed by atoms with van der Waals surface area (Å²) in [6.45, 7) is 1.83. The minimum Gasteiger partial charge on any atom is -0.497 e. The third-order valence-corrected chi connectivity index (χ3v) is 5.39. The molecule has 3 rings (SSSR count). The summed E-state index contributed by atoms with van der Waals surface area (Å²) >= 11 is 5.95. The summed E-state index contributed by atoms with van der Waals surface area (Å²) in [6.07, 6.45) is 1.91. The van der Waals surface area contributed by atoms with Crippen molar-refractivity contribution in [3.63, 3.8) is 0 Å². The lowest BCUT2D eigenvalue weighted by atomic mass is 10.0. The van der Waals surface area contributed by atoms with Crippen LogP contribution in [0.1, 0.15) is 30.0 Å². The number of nitrogens with zero attached hydrogens (tertiary/aromatic N) is 2. The highest BCUT2D eigenvalue weighted by atomic mass is 35.5. The van der Waals surface area contributed by atoms with E-state index in [-0.39, 0.29) is 11.9 Å². The summed E-state index contributed by atoms with van der Waals surface area (Å²) in [5.41, 5.74) is 2.14. The van der Waals surface area contributed by atoms with Gasteiger partial charge in [0, 0.05) is 23.7 Å². The van der Waals surface area contributed by atoms with Crippen LogP contribution in [0.3, 0.4) is 0 Å². The Morgan fingerprint density at radius 3 is 2.61 bits per heavy atom. The zero-order valence-electron chi connectivity index (χ0n) is 16.7. The minimum atomic E-state index is 0.0153. The van der Waals surface area contributed by atoms with Crippen LogP contribution in [0.25, 0.3) is 0 Å². The van der Waals surface area contributed by atoms with Crippen molar-refractivity contribution >= 4 is 17.5 Å². The second-order valence-corrected chi connectivity index (χ2v) is 7.59. The first-order chi connectivity index (χ1) is 13.5. The lowest BCUT2D eigenvalue weighted by Crippen LogP contribution is -2.38. The van der Waals surface area contributed by atoms with Gasteiger partial charge in [-0.05, 0) is 55.8 Å². The van der Waals surface area contributed by atoms with Gasteiger partial charge in [-0.3, -0.25) is 9.69 Å². The highest BCUT2D eigenvalue weighted by Crippen LogP contribution is 2.39. The van der Waals surface area contributed by atoms with E-state index in [1.54, 1.807) is 14.2 Å². The predicted octanol–water partition coefficient (Wildman–Crippen LogP) is 4.15. The van der Waals surface area contributed by atoms with Crippen molar-refractivity contribution in [2.75, 3.05) is 34.4 Å². The smallest absolute Gasteiger partial charge is 0.237 e. The van der Waals surface area contributed by atoms with Crippen molar-refractivity contribution < 1.29 is 14.3 Å². The molecule has 1 aliphatic rings. The van der Waals surface area contributed by atoms with Crippen LogP contribution in [0, 0.1) is 0 Å². The van der Waals surface area contributed by atoms with Gasteiger partial charge in [-0.1, -0.05) is 23.7 Å². The van der Waals surface area contributed by atoms with Crippen molar-refractivity contribution in [1.29, 1.82) is 0 Å². The normalized spacial score (nSPS) is 16.5. The van der Waals surface area contributed by atoms with E-state index in [9.17, 15) is 4.79 Å². The zero-order valence-corrected chi connectivity index (χ0v) is 17.4. The fourth-order valence-corrected chi connectivity index (χ4v) is 3.89. The van der Waals surface area contributed by atoms with Crippen LogP contribution in [0.4, 0.5) is 0 Å². The fraction of sp³-hybridized carbons (Fsp3) is 0.409. The molecule has 2 aromatic rings. The van der Waals surface area contributed by atoms with E-state index in [0.29, 0.717) is 13.1 Å². The van der Waals surface area contributed by atoms with Gasteiger partial charge in [0.2, 0.25) is 5.91 Å². The number of halogens is 1. The van der Waals surface area contributed by atoms with Crippen LogP contribution in [-0.4, -0.2) is 50.1 Å². The molecule has 5 nitrogen and oxygen atoms in total. The molecule has 2 aromatic carbocycles. The topological polar surface area (TPSA) is 42.0 Å². The van der Waals surface area contributed by atoms with Gasteiger partial charge in [0.05, 0.1) is 26.8 Å². The second kappa shape index (κ2) is 9.30. The van der Waals surface area contributed by atoms with Gasteiger partial charge in [0.15, 0.2) is 0 Å². The maximum atomic E-state index is 13.0. The summed E-state index contributed by atoms with van der Waals surface area (Å²) in [5.74, 6) is 1.69. The highest BCUT2D eigenvalue weighted by molar-refractivity contribution is 6.30. The maximum Gasteiger partial charge on any atom is 0.237 e. The van der Waals surface area contributed by atoms with Gasteiger partial charge in [0.25, 0.3) is 0 Å². The zero-order chi connectivity index (χ0) is 20.1. The molecule has 0 bridgehead atoms. The summed E-state index contributed by atoms with van der Waals surface area (Å²) in [4.78, 5) is 17.0. The molecule has 1 fully saturated rings. The molecular formula is C22H27ClN2O3. The van der Waals surface area contributed by atoms with E-state index in [1.807, 2.05) is 59.3 Å². The molecule has 28 heavy (non-hydrogen) atoms. The average molecular weight is 403 g/mol. The summed E-state index contributed by atoms with van der Waals surface area (Å²) in [6, 6.07) is 13.5. The molecule has 0 saturated carbocycles. The third-order valence-electron chi connectivity index (χ3n) is 5.14. The molecule has 0 aliphatic carbocycles. The lowest BCUT2D eigenvalue weighted by Gasteiger charge is -2.28. The molecule has 1 heterocycles. The third kappa shape index (κ3) is 4.78. The SMILES string of the molecule is COc1ccc(OC)c([C@H]2CCCN2C(=O)CN(C)Cc2ccc(Cl)cc2)c1. The van der Waals surface area contributed by atoms with E-state index in [4.69, 9.17) is 21.1 Å². The molecule has 1 aliphatic heterocycles. The Labute approximate surface area is 171 Å². The van der Waals surface area contributed by atoms with E-state index in [1.165, 1.54) is 0 Å². The molecule has 1 atom stereocenters. The maximum absolute atomic E-state index is 13.0. The molecule has 150 valence electrons. The van der Waals surface area contributed by atoms with E-state index < -0.39 is 0 Å². The lowest BCUT2D eigenvalue weighted by molar-refractivity contribution is -0.133. The van der Waals surface area contributed by atoms with Gasteiger partial charge < -0.3 is 14.4 Å². The number of likely N-dealkylation sites (N-methyl/N-ethyl adjacent to an activating group) is 1. The van der Waals surface area contributed by atoms with Gasteiger partial charge in [0.1, 0.15) is 11.5 Å². The van der Waals surface area contributed by atoms with Crippen molar-refractivity contribution in [2.24, 2.45) is 0 Å². The van der Waals surface area contributed by atoms with Crippen molar-refractivity contribution in [1.82, 2.24) is 9.80 Å². The first-order valence-corrected chi connectivity index (χ1v) is 9.84. The van der Waals surface area contributed by atoms with Crippen LogP contribution in [0.5, 0.6) is 11.5 Å². The van der Waals surface area contributed by atoms with Crippen molar-refractivity contribution in [2.45, 2.75) is 25.4 Å². The summed E-state index contributed by atoms with van der Waals surface area (Å²) < 4.78 is 10.9. The average Bonchev–Trinajstić information content (AvgIpc) is 3.19. The second-order valence-electron chi connectivity index (χ2n) is 7.15. The van der Waals surface area contributed by atoms with Crippen LogP contribution >= 0.6 is 11.6 Å². The van der Waals surface area contributed by atoms with Gasteiger partial charge in [-0.25, -0.2) is 0 Å². The molecule has 0 spiro atoms. The Morgan fingerprint density at radius 1 is 1.18 bits per heavy atom. The van der Waals surface area contributed by atoms with Gasteiger partial charge in [-0.15, -0.1) is 0 Å². The predicted molar refractivity (Wildman–Crippen MR) is 111 cm³/mol. The highest BCUT2D eigenvalue weighted by Gasteiger charge is 2.32. The van der Waals surface area contributed by atoms with Crippen LogP contribution in [0.2, 0.25) is 5.02 Å². The Balaban J connectivity index is 1.70. The minimum absolute atomic E-state index is 0.0153.